The Morgan fingerprint density at radius 3 is 2.71 bits per heavy atom. The fraction of sp³-hybridized carbons (Fsp3) is 0.167. The maximum atomic E-state index is 4.32. The molecule has 17 heavy (non-hydrogen) atoms. The number of H-pyrrole nitrogens is 1. The zero-order chi connectivity index (χ0) is 11.8. The van der Waals surface area contributed by atoms with E-state index in [1.54, 1.807) is 11.8 Å². The Balaban J connectivity index is 2.22. The highest BCUT2D eigenvalue weighted by Crippen LogP contribution is 2.24. The van der Waals surface area contributed by atoms with Gasteiger partial charge in [-0.3, -0.25) is 4.40 Å². The van der Waals surface area contributed by atoms with Gasteiger partial charge in [0.25, 0.3) is 0 Å². The van der Waals surface area contributed by atoms with Crippen LogP contribution < -0.4 is 0 Å². The van der Waals surface area contributed by atoms with Gasteiger partial charge in [0.05, 0.1) is 11.9 Å². The first-order chi connectivity index (χ1) is 8.29. The molecule has 3 rings (SSSR count). The lowest BCUT2D eigenvalue weighted by Crippen LogP contribution is -1.88. The van der Waals surface area contributed by atoms with E-state index in [1.807, 2.05) is 16.9 Å². The van der Waals surface area contributed by atoms with Crippen molar-refractivity contribution in [2.24, 2.45) is 0 Å². The van der Waals surface area contributed by atoms with Crippen LogP contribution in [0.2, 0.25) is 0 Å². The molecule has 0 saturated carbocycles. The summed E-state index contributed by atoms with van der Waals surface area (Å²) in [6, 6.07) is 8.42. The first-order valence-electron chi connectivity index (χ1n) is 5.32. The highest BCUT2D eigenvalue weighted by Gasteiger charge is 2.11. The van der Waals surface area contributed by atoms with Gasteiger partial charge in [-0.15, -0.1) is 5.10 Å². The number of imidazole rings is 1. The van der Waals surface area contributed by atoms with E-state index >= 15 is 0 Å². The van der Waals surface area contributed by atoms with Crippen molar-refractivity contribution in [1.82, 2.24) is 19.6 Å². The first-order valence-corrected chi connectivity index (χ1v) is 6.55. The van der Waals surface area contributed by atoms with Gasteiger partial charge in [0.15, 0.2) is 5.16 Å². The minimum Gasteiger partial charge on any atom is -0.254 e. The smallest absolute Gasteiger partial charge is 0.230 e. The monoisotopic (exact) mass is 244 g/mol. The quantitative estimate of drug-likeness (QED) is 0.705. The average molecular weight is 244 g/mol. The fourth-order valence-corrected chi connectivity index (χ4v) is 2.34. The molecule has 0 amide bonds. The minimum atomic E-state index is 0.782. The minimum absolute atomic E-state index is 0.782. The molecule has 5 heteroatoms. The topological polar surface area (TPSA) is 46.0 Å². The average Bonchev–Trinajstić information content (AvgIpc) is 2.91. The summed E-state index contributed by atoms with van der Waals surface area (Å²) in [6.45, 7) is 2.08. The first kappa shape index (κ1) is 10.4. The zero-order valence-electron chi connectivity index (χ0n) is 9.64. The molecular formula is C12H12N4S. The maximum Gasteiger partial charge on any atom is 0.230 e. The molecule has 4 nitrogen and oxygen atoms in total. The van der Waals surface area contributed by atoms with Gasteiger partial charge >= 0.3 is 0 Å². The molecule has 0 saturated heterocycles. The number of nitrogens with zero attached hydrogens (tertiary/aromatic N) is 3. The number of thioether (sulfide) groups is 1. The number of fused-ring (bicyclic) bond motifs is 1. The normalized spacial score (nSPS) is 11.2. The molecule has 0 radical (unpaired) electrons. The van der Waals surface area contributed by atoms with Crippen molar-refractivity contribution >= 4 is 17.5 Å². The van der Waals surface area contributed by atoms with Crippen molar-refractivity contribution in [2.45, 2.75) is 12.1 Å². The van der Waals surface area contributed by atoms with Crippen molar-refractivity contribution in [3.63, 3.8) is 0 Å². The predicted molar refractivity (Wildman–Crippen MR) is 69.3 cm³/mol. The second-order valence-corrected chi connectivity index (χ2v) is 4.65. The Morgan fingerprint density at radius 2 is 2.00 bits per heavy atom. The molecule has 0 unspecified atom stereocenters. The number of hydrogen-bond acceptors (Lipinski definition) is 3. The molecule has 1 aromatic carbocycles. The number of rotatable bonds is 2. The Labute approximate surface area is 103 Å². The van der Waals surface area contributed by atoms with Gasteiger partial charge in [0.2, 0.25) is 5.78 Å². The third-order valence-electron chi connectivity index (χ3n) is 2.73. The zero-order valence-corrected chi connectivity index (χ0v) is 10.5. The molecule has 0 aliphatic carbocycles. The van der Waals surface area contributed by atoms with Crippen LogP contribution in [0.15, 0.2) is 35.6 Å². The van der Waals surface area contributed by atoms with Crippen LogP contribution in [0.5, 0.6) is 0 Å². The molecule has 86 valence electrons. The van der Waals surface area contributed by atoms with E-state index in [-0.39, 0.29) is 0 Å². The van der Waals surface area contributed by atoms with Crippen LogP contribution in [-0.2, 0) is 0 Å². The Kier molecular flexibility index (Phi) is 2.40. The van der Waals surface area contributed by atoms with Gasteiger partial charge < -0.3 is 0 Å². The second kappa shape index (κ2) is 3.92. The van der Waals surface area contributed by atoms with Crippen LogP contribution in [0, 0.1) is 6.92 Å². The summed E-state index contributed by atoms with van der Waals surface area (Å²) in [5.74, 6) is 0.782. The molecule has 0 fully saturated rings. The highest BCUT2D eigenvalue weighted by atomic mass is 32.2. The predicted octanol–water partition coefficient (Wildman–Crippen LogP) is 2.75. The lowest BCUT2D eigenvalue weighted by Gasteiger charge is -2.01. The summed E-state index contributed by atoms with van der Waals surface area (Å²) >= 11 is 1.60. The van der Waals surface area contributed by atoms with E-state index in [4.69, 9.17) is 0 Å². The third-order valence-corrected chi connectivity index (χ3v) is 3.37. The van der Waals surface area contributed by atoms with E-state index in [0.717, 1.165) is 22.2 Å². The fourth-order valence-electron chi connectivity index (χ4n) is 1.84. The summed E-state index contributed by atoms with van der Waals surface area (Å²) in [5.41, 5.74) is 3.48. The molecule has 0 aliphatic heterocycles. The standard InChI is InChI=1S/C12H12N4S/c1-8-3-5-9(6-4-8)10-7-13-11-14-15-12(17-2)16(10)11/h3-7H,1-2H3,(H,13,14). The number of nitrogens with one attached hydrogen (secondary N) is 1. The summed E-state index contributed by atoms with van der Waals surface area (Å²) in [6.07, 6.45) is 3.88. The van der Waals surface area contributed by atoms with Crippen LogP contribution in [0.4, 0.5) is 0 Å². The Hall–Kier alpha value is -1.75. The van der Waals surface area contributed by atoms with Gasteiger partial charge in [-0.1, -0.05) is 41.6 Å². The van der Waals surface area contributed by atoms with Crippen LogP contribution in [-0.4, -0.2) is 25.8 Å². The van der Waals surface area contributed by atoms with E-state index in [9.17, 15) is 0 Å². The van der Waals surface area contributed by atoms with E-state index in [0.29, 0.717) is 0 Å². The lowest BCUT2D eigenvalue weighted by atomic mass is 10.1. The molecule has 3 aromatic rings. The van der Waals surface area contributed by atoms with E-state index < -0.39 is 0 Å². The van der Waals surface area contributed by atoms with Crippen molar-refractivity contribution < 1.29 is 0 Å². The summed E-state index contributed by atoms with van der Waals surface area (Å²) in [5, 5.41) is 8.06. The van der Waals surface area contributed by atoms with Crippen LogP contribution >= 0.6 is 11.8 Å². The number of aromatic amines is 1. The number of aryl methyl sites for hydroxylation is 1. The lowest BCUT2D eigenvalue weighted by molar-refractivity contribution is 0.930. The summed E-state index contributed by atoms with van der Waals surface area (Å²) in [7, 11) is 0. The highest BCUT2D eigenvalue weighted by molar-refractivity contribution is 7.98. The van der Waals surface area contributed by atoms with Crippen molar-refractivity contribution in [2.75, 3.05) is 6.26 Å². The number of aromatic nitrogens is 4. The molecule has 0 atom stereocenters. The molecular weight excluding hydrogens is 232 g/mol. The Morgan fingerprint density at radius 1 is 1.24 bits per heavy atom. The third kappa shape index (κ3) is 1.63. The van der Waals surface area contributed by atoms with Gasteiger partial charge in [-0.05, 0) is 13.2 Å². The molecule has 0 bridgehead atoms. The maximum absolute atomic E-state index is 4.32. The number of hydrogen-bond donors (Lipinski definition) is 1. The van der Waals surface area contributed by atoms with Crippen LogP contribution in [0.1, 0.15) is 5.56 Å². The van der Waals surface area contributed by atoms with Crippen LogP contribution in [0.3, 0.4) is 0 Å². The molecule has 2 aromatic heterocycles. The van der Waals surface area contributed by atoms with Crippen LogP contribution in [0.25, 0.3) is 17.0 Å². The van der Waals surface area contributed by atoms with Gasteiger partial charge in [-0.25, -0.2) is 10.1 Å². The molecule has 0 spiro atoms. The number of benzene rings is 1. The van der Waals surface area contributed by atoms with Crippen molar-refractivity contribution in [1.29, 1.82) is 0 Å². The van der Waals surface area contributed by atoms with E-state index in [1.165, 1.54) is 5.56 Å². The molecule has 0 aliphatic rings. The second-order valence-electron chi connectivity index (χ2n) is 3.88. The molecule has 2 heterocycles. The summed E-state index contributed by atoms with van der Waals surface area (Å²) < 4.78 is 2.04. The van der Waals surface area contributed by atoms with Gasteiger partial charge in [0, 0.05) is 5.56 Å². The summed E-state index contributed by atoms with van der Waals surface area (Å²) in [4.78, 5) is 4.32. The van der Waals surface area contributed by atoms with Gasteiger partial charge in [-0.2, -0.15) is 0 Å². The van der Waals surface area contributed by atoms with Crippen molar-refractivity contribution in [3.05, 3.63) is 36.0 Å². The largest absolute Gasteiger partial charge is 0.254 e. The molecule has 1 N–H and O–H groups in total. The van der Waals surface area contributed by atoms with E-state index in [2.05, 4.69) is 46.4 Å². The van der Waals surface area contributed by atoms with Gasteiger partial charge in [0.1, 0.15) is 0 Å². The SMILES string of the molecule is CSc1n[nH]c2ncc(-c3ccc(C)cc3)n12. The van der Waals surface area contributed by atoms with Crippen molar-refractivity contribution in [3.8, 4) is 11.3 Å². The Bertz CT molecular complexity index is 651.